The number of nitrogens with zero attached hydrogens (tertiary/aromatic N) is 2. The van der Waals surface area contributed by atoms with Crippen LogP contribution in [0.5, 0.6) is 0 Å². The van der Waals surface area contributed by atoms with Gasteiger partial charge in [0.15, 0.2) is 10.6 Å². The van der Waals surface area contributed by atoms with E-state index in [-0.39, 0.29) is 18.5 Å². The van der Waals surface area contributed by atoms with E-state index in [1.807, 2.05) is 55.6 Å². The molecule has 3 aromatic rings. The lowest BCUT2D eigenvalue weighted by atomic mass is 10.0. The number of benzene rings is 1. The third-order valence-electron chi connectivity index (χ3n) is 3.83. The molecule has 1 aromatic carbocycles. The van der Waals surface area contributed by atoms with Gasteiger partial charge in [0.05, 0.1) is 10.9 Å². The molecule has 0 aliphatic heterocycles. The number of carbonyl (C=O) groups is 1. The average molecular weight is 358 g/mol. The number of hydrogen-bond donors (Lipinski definition) is 2. The van der Waals surface area contributed by atoms with Gasteiger partial charge in [0, 0.05) is 0 Å². The number of carbonyl (C=O) groups excluding carboxylic acids is 1. The molecule has 0 saturated carbocycles. The van der Waals surface area contributed by atoms with Crippen LogP contribution in [0.4, 0.5) is 0 Å². The molecule has 2 heterocycles. The van der Waals surface area contributed by atoms with Crippen molar-refractivity contribution in [3.8, 4) is 10.7 Å². The summed E-state index contributed by atoms with van der Waals surface area (Å²) in [5.41, 5.74) is 2.27. The number of aryl methyl sites for hydroxylation is 1. The largest absolute Gasteiger partial charge is 0.348 e. The van der Waals surface area contributed by atoms with Crippen LogP contribution in [0.15, 0.2) is 41.8 Å². The zero-order chi connectivity index (χ0) is 17.1. The molecule has 1 atom stereocenters. The first-order valence-electron chi connectivity index (χ1n) is 7.60. The normalized spacial score (nSPS) is 12.1. The molecule has 2 aromatic heterocycles. The van der Waals surface area contributed by atoms with E-state index in [1.165, 1.54) is 0 Å². The van der Waals surface area contributed by atoms with Crippen molar-refractivity contribution < 1.29 is 4.79 Å². The second-order valence-electron chi connectivity index (χ2n) is 5.56. The van der Waals surface area contributed by atoms with E-state index in [0.29, 0.717) is 10.6 Å². The van der Waals surface area contributed by atoms with E-state index in [1.54, 1.807) is 15.9 Å². The fourth-order valence-corrected chi connectivity index (χ4v) is 3.56. The van der Waals surface area contributed by atoms with Gasteiger partial charge in [-0.05, 0) is 48.6 Å². The number of aromatic nitrogens is 3. The van der Waals surface area contributed by atoms with Crippen LogP contribution in [0.2, 0.25) is 0 Å². The van der Waals surface area contributed by atoms with Crippen molar-refractivity contribution in [3.05, 3.63) is 57.7 Å². The topological polar surface area (TPSA) is 62.7 Å². The molecule has 0 unspecified atom stereocenters. The summed E-state index contributed by atoms with van der Waals surface area (Å²) in [6.07, 6.45) is 0. The highest BCUT2D eigenvalue weighted by Gasteiger charge is 2.15. The van der Waals surface area contributed by atoms with Crippen molar-refractivity contribution in [2.75, 3.05) is 0 Å². The van der Waals surface area contributed by atoms with Crippen LogP contribution in [0.25, 0.3) is 10.7 Å². The Morgan fingerprint density at radius 2 is 2.17 bits per heavy atom. The van der Waals surface area contributed by atoms with Crippen molar-refractivity contribution in [1.29, 1.82) is 0 Å². The summed E-state index contributed by atoms with van der Waals surface area (Å²) in [7, 11) is 0. The molecule has 124 valence electrons. The molecule has 0 bridgehead atoms. The summed E-state index contributed by atoms with van der Waals surface area (Å²) in [4.78, 5) is 13.4. The molecular weight excluding hydrogens is 340 g/mol. The Bertz CT molecular complexity index is 895. The van der Waals surface area contributed by atoms with Gasteiger partial charge in [0.2, 0.25) is 5.91 Å². The molecule has 0 aliphatic rings. The minimum atomic E-state index is -0.0962. The zero-order valence-corrected chi connectivity index (χ0v) is 15.1. The Morgan fingerprint density at radius 3 is 2.88 bits per heavy atom. The molecule has 3 rings (SSSR count). The number of H-pyrrole nitrogens is 1. The maximum Gasteiger partial charge on any atom is 0.240 e. The van der Waals surface area contributed by atoms with Crippen molar-refractivity contribution in [3.63, 3.8) is 0 Å². The van der Waals surface area contributed by atoms with Crippen LogP contribution in [-0.4, -0.2) is 20.7 Å². The van der Waals surface area contributed by atoms with E-state index in [0.717, 1.165) is 16.0 Å². The highest BCUT2D eigenvalue weighted by Crippen LogP contribution is 2.23. The second kappa shape index (κ2) is 7.11. The second-order valence-corrected chi connectivity index (χ2v) is 6.90. The minimum absolute atomic E-state index is 0.0649. The fraction of sp³-hybridized carbons (Fsp3) is 0.235. The summed E-state index contributed by atoms with van der Waals surface area (Å²) in [5.74, 6) is 0.592. The zero-order valence-electron chi connectivity index (χ0n) is 13.4. The molecule has 2 N–H and O–H groups in total. The monoisotopic (exact) mass is 358 g/mol. The van der Waals surface area contributed by atoms with Crippen LogP contribution >= 0.6 is 23.6 Å². The Kier molecular flexibility index (Phi) is 4.92. The van der Waals surface area contributed by atoms with Gasteiger partial charge in [0.25, 0.3) is 0 Å². The van der Waals surface area contributed by atoms with Crippen molar-refractivity contribution in [2.45, 2.75) is 26.4 Å². The van der Waals surface area contributed by atoms with E-state index in [4.69, 9.17) is 12.2 Å². The lowest BCUT2D eigenvalue weighted by molar-refractivity contribution is -0.122. The van der Waals surface area contributed by atoms with Crippen LogP contribution < -0.4 is 5.32 Å². The number of rotatable bonds is 5. The van der Waals surface area contributed by atoms with Crippen LogP contribution in [0.1, 0.15) is 24.1 Å². The summed E-state index contributed by atoms with van der Waals surface area (Å²) >= 11 is 6.82. The molecule has 0 fully saturated rings. The number of nitrogens with one attached hydrogen (secondary N) is 2. The van der Waals surface area contributed by atoms with Gasteiger partial charge in [-0.25, -0.2) is 0 Å². The van der Waals surface area contributed by atoms with Crippen LogP contribution in [0.3, 0.4) is 0 Å². The number of aromatic amines is 1. The van der Waals surface area contributed by atoms with Gasteiger partial charge in [-0.15, -0.1) is 11.3 Å². The maximum atomic E-state index is 12.5. The maximum absolute atomic E-state index is 12.5. The van der Waals surface area contributed by atoms with Gasteiger partial charge in [0.1, 0.15) is 6.54 Å². The van der Waals surface area contributed by atoms with E-state index in [9.17, 15) is 4.79 Å². The molecule has 24 heavy (non-hydrogen) atoms. The van der Waals surface area contributed by atoms with E-state index in [2.05, 4.69) is 15.5 Å². The molecule has 0 radical (unpaired) electrons. The van der Waals surface area contributed by atoms with Gasteiger partial charge >= 0.3 is 0 Å². The van der Waals surface area contributed by atoms with Gasteiger partial charge in [-0.2, -0.15) is 5.10 Å². The highest BCUT2D eigenvalue weighted by atomic mass is 32.1. The van der Waals surface area contributed by atoms with Gasteiger partial charge in [-0.1, -0.05) is 30.3 Å². The van der Waals surface area contributed by atoms with E-state index < -0.39 is 0 Å². The summed E-state index contributed by atoms with van der Waals surface area (Å²) in [5, 5.41) is 12.0. The molecule has 1 amide bonds. The molecular formula is C17H18N4OS2. The van der Waals surface area contributed by atoms with Crippen molar-refractivity contribution in [1.82, 2.24) is 20.1 Å². The Balaban J connectivity index is 1.76. The number of amides is 1. The lowest BCUT2D eigenvalue weighted by Crippen LogP contribution is -2.30. The molecule has 5 nitrogen and oxygen atoms in total. The third kappa shape index (κ3) is 3.47. The van der Waals surface area contributed by atoms with Crippen molar-refractivity contribution in [2.24, 2.45) is 0 Å². The van der Waals surface area contributed by atoms with Crippen molar-refractivity contribution >= 4 is 29.5 Å². The standard InChI is InChI=1S/C17H18N4OS2/c1-11-6-3-4-7-13(11)12(2)18-15(22)10-21-16(19-20-17(21)23)14-8-5-9-24-14/h3-9,12H,10H2,1-2H3,(H,18,22)(H,20,23)/t12-/m0/s1. The lowest BCUT2D eigenvalue weighted by Gasteiger charge is -2.17. The first-order valence-corrected chi connectivity index (χ1v) is 8.89. The SMILES string of the molecule is Cc1ccccc1[C@H](C)NC(=O)Cn1c(-c2cccs2)n[nH]c1=S. The minimum Gasteiger partial charge on any atom is -0.348 e. The Morgan fingerprint density at radius 1 is 1.38 bits per heavy atom. The van der Waals surface area contributed by atoms with Gasteiger partial charge < -0.3 is 5.32 Å². The summed E-state index contributed by atoms with van der Waals surface area (Å²) < 4.78 is 2.17. The quantitative estimate of drug-likeness (QED) is 0.681. The predicted molar refractivity (Wildman–Crippen MR) is 98.5 cm³/mol. The van der Waals surface area contributed by atoms with Gasteiger partial charge in [-0.3, -0.25) is 14.5 Å². The first-order chi connectivity index (χ1) is 11.6. The third-order valence-corrected chi connectivity index (χ3v) is 5.01. The fourth-order valence-electron chi connectivity index (χ4n) is 2.64. The molecule has 0 aliphatic carbocycles. The average Bonchev–Trinajstić information content (AvgIpc) is 3.18. The summed E-state index contributed by atoms with van der Waals surface area (Å²) in [6.45, 7) is 4.16. The smallest absolute Gasteiger partial charge is 0.240 e. The number of hydrogen-bond acceptors (Lipinski definition) is 4. The molecule has 7 heteroatoms. The molecule has 0 saturated heterocycles. The molecule has 0 spiro atoms. The first kappa shape index (κ1) is 16.6. The summed E-state index contributed by atoms with van der Waals surface area (Å²) in [6, 6.07) is 11.9. The number of thiophene rings is 1. The van der Waals surface area contributed by atoms with E-state index >= 15 is 0 Å². The Labute approximate surface area is 149 Å². The predicted octanol–water partition coefficient (Wildman–Crippen LogP) is 3.86. The highest BCUT2D eigenvalue weighted by molar-refractivity contribution is 7.71. The van der Waals surface area contributed by atoms with Crippen LogP contribution in [-0.2, 0) is 11.3 Å². The van der Waals surface area contributed by atoms with Crippen LogP contribution in [0, 0.1) is 11.7 Å². The Hall–Kier alpha value is -2.25.